The van der Waals surface area contributed by atoms with Crippen molar-refractivity contribution in [3.8, 4) is 0 Å². The van der Waals surface area contributed by atoms with Crippen LogP contribution in [0.4, 0.5) is 0 Å². The van der Waals surface area contributed by atoms with Gasteiger partial charge < -0.3 is 0 Å². The number of rotatable bonds is 3. The predicted octanol–water partition coefficient (Wildman–Crippen LogP) is 3.65. The van der Waals surface area contributed by atoms with Crippen molar-refractivity contribution in [2.45, 2.75) is 13.8 Å². The summed E-state index contributed by atoms with van der Waals surface area (Å²) < 4.78 is 0. The largest absolute Gasteiger partial charge is 0.289 e. The van der Waals surface area contributed by atoms with Gasteiger partial charge in [-0.2, -0.15) is 0 Å². The zero-order chi connectivity index (χ0) is 14.0. The van der Waals surface area contributed by atoms with Gasteiger partial charge in [-0.05, 0) is 37.6 Å². The molecule has 2 rings (SSSR count). The second-order valence-electron chi connectivity index (χ2n) is 4.44. The number of hydrogen-bond donors (Lipinski definition) is 0. The van der Waals surface area contributed by atoms with E-state index in [1.807, 2.05) is 26.0 Å². The summed E-state index contributed by atoms with van der Waals surface area (Å²) in [5.41, 5.74) is 3.05. The maximum Gasteiger partial charge on any atom is 0.234 e. The molecule has 0 bridgehead atoms. The van der Waals surface area contributed by atoms with Crippen LogP contribution in [0.3, 0.4) is 0 Å². The van der Waals surface area contributed by atoms with Gasteiger partial charge in [-0.15, -0.1) is 0 Å². The van der Waals surface area contributed by atoms with E-state index < -0.39 is 0 Å². The third kappa shape index (κ3) is 2.74. The molecule has 0 aliphatic heterocycles. The minimum Gasteiger partial charge on any atom is -0.289 e. The minimum atomic E-state index is -0.210. The molecular weight excluding hydrogens is 260 g/mol. The third-order valence-corrected chi connectivity index (χ3v) is 3.20. The van der Waals surface area contributed by atoms with Gasteiger partial charge in [0.15, 0.2) is 5.78 Å². The summed E-state index contributed by atoms with van der Waals surface area (Å²) in [6.45, 7) is 3.83. The van der Waals surface area contributed by atoms with Crippen LogP contribution in [0.15, 0.2) is 36.4 Å². The molecule has 0 aliphatic carbocycles. The van der Waals surface area contributed by atoms with Crippen LogP contribution in [0, 0.1) is 13.8 Å². The highest BCUT2D eigenvalue weighted by atomic mass is 35.5. The summed E-state index contributed by atoms with van der Waals surface area (Å²) in [6.07, 6.45) is 1.77. The SMILES string of the molecule is Cc1ccc(C(=O)c2cc(Cl)ccc2[C]=O)c(C)c1. The van der Waals surface area contributed by atoms with Crippen LogP contribution in [0.1, 0.15) is 32.6 Å². The summed E-state index contributed by atoms with van der Waals surface area (Å²) >= 11 is 5.89. The van der Waals surface area contributed by atoms with Gasteiger partial charge in [-0.3, -0.25) is 9.59 Å². The fraction of sp³-hybridized carbons (Fsp3) is 0.125. The summed E-state index contributed by atoms with van der Waals surface area (Å²) in [5.74, 6) is -0.210. The Morgan fingerprint density at radius 2 is 1.79 bits per heavy atom. The predicted molar refractivity (Wildman–Crippen MR) is 75.6 cm³/mol. The van der Waals surface area contributed by atoms with Crippen molar-refractivity contribution >= 4 is 23.7 Å². The molecule has 0 saturated heterocycles. The lowest BCUT2D eigenvalue weighted by Crippen LogP contribution is -2.07. The number of hydrogen-bond acceptors (Lipinski definition) is 2. The Morgan fingerprint density at radius 1 is 1.05 bits per heavy atom. The number of ketones is 1. The van der Waals surface area contributed by atoms with Gasteiger partial charge in [0.25, 0.3) is 0 Å². The fourth-order valence-corrected chi connectivity index (χ4v) is 2.18. The summed E-state index contributed by atoms with van der Waals surface area (Å²) in [6, 6.07) is 10.1. The Kier molecular flexibility index (Phi) is 3.82. The molecule has 0 unspecified atom stereocenters. The van der Waals surface area contributed by atoms with Crippen molar-refractivity contribution in [2.75, 3.05) is 0 Å². The molecule has 1 radical (unpaired) electrons. The first-order valence-corrected chi connectivity index (χ1v) is 6.20. The van der Waals surface area contributed by atoms with Crippen LogP contribution in [-0.4, -0.2) is 12.1 Å². The Balaban J connectivity index is 2.55. The number of carbonyl (C=O) groups excluding carboxylic acids is 2. The monoisotopic (exact) mass is 271 g/mol. The topological polar surface area (TPSA) is 34.1 Å². The molecule has 0 saturated carbocycles. The highest BCUT2D eigenvalue weighted by molar-refractivity contribution is 6.31. The summed E-state index contributed by atoms with van der Waals surface area (Å²) in [4.78, 5) is 23.4. The molecule has 2 aromatic carbocycles. The molecule has 0 aliphatic rings. The molecule has 0 spiro atoms. The molecule has 19 heavy (non-hydrogen) atoms. The highest BCUT2D eigenvalue weighted by Gasteiger charge is 2.16. The zero-order valence-corrected chi connectivity index (χ0v) is 11.4. The molecular formula is C16H12ClO2. The van der Waals surface area contributed by atoms with Gasteiger partial charge in [0.05, 0.1) is 0 Å². The number of carbonyl (C=O) groups is 1. The van der Waals surface area contributed by atoms with Crippen LogP contribution >= 0.6 is 11.6 Å². The second-order valence-corrected chi connectivity index (χ2v) is 4.88. The highest BCUT2D eigenvalue weighted by Crippen LogP contribution is 2.21. The van der Waals surface area contributed by atoms with Crippen molar-refractivity contribution < 1.29 is 9.59 Å². The fourth-order valence-electron chi connectivity index (χ4n) is 2.01. The molecule has 3 heteroatoms. The van der Waals surface area contributed by atoms with E-state index in [0.29, 0.717) is 10.6 Å². The normalized spacial score (nSPS) is 10.3. The first-order valence-electron chi connectivity index (χ1n) is 5.82. The number of benzene rings is 2. The molecule has 0 N–H and O–H groups in total. The van der Waals surface area contributed by atoms with Crippen LogP contribution < -0.4 is 0 Å². The van der Waals surface area contributed by atoms with Crippen molar-refractivity contribution in [3.05, 3.63) is 69.2 Å². The quantitative estimate of drug-likeness (QED) is 0.799. The van der Waals surface area contributed by atoms with E-state index in [4.69, 9.17) is 11.6 Å². The average Bonchev–Trinajstić information content (AvgIpc) is 2.38. The lowest BCUT2D eigenvalue weighted by atomic mass is 9.95. The van der Waals surface area contributed by atoms with Crippen molar-refractivity contribution in [1.29, 1.82) is 0 Å². The summed E-state index contributed by atoms with van der Waals surface area (Å²) in [7, 11) is 0. The molecule has 2 aromatic rings. The van der Waals surface area contributed by atoms with Gasteiger partial charge in [0.1, 0.15) is 0 Å². The van der Waals surface area contributed by atoms with Gasteiger partial charge in [-0.25, -0.2) is 0 Å². The lowest BCUT2D eigenvalue weighted by Gasteiger charge is -2.08. The number of aryl methyl sites for hydroxylation is 2. The zero-order valence-electron chi connectivity index (χ0n) is 10.7. The molecule has 0 amide bonds. The van der Waals surface area contributed by atoms with Gasteiger partial charge in [0, 0.05) is 21.7 Å². The van der Waals surface area contributed by atoms with Crippen molar-refractivity contribution in [1.82, 2.24) is 0 Å². The lowest BCUT2D eigenvalue weighted by molar-refractivity contribution is 0.103. The molecule has 2 nitrogen and oxygen atoms in total. The van der Waals surface area contributed by atoms with Crippen LogP contribution in [-0.2, 0) is 4.79 Å². The van der Waals surface area contributed by atoms with Gasteiger partial charge >= 0.3 is 0 Å². The van der Waals surface area contributed by atoms with E-state index in [2.05, 4.69) is 0 Å². The van der Waals surface area contributed by atoms with E-state index >= 15 is 0 Å². The van der Waals surface area contributed by atoms with Crippen LogP contribution in [0.25, 0.3) is 0 Å². The molecule has 0 aromatic heterocycles. The smallest absolute Gasteiger partial charge is 0.234 e. The van der Waals surface area contributed by atoms with Crippen molar-refractivity contribution in [2.24, 2.45) is 0 Å². The van der Waals surface area contributed by atoms with E-state index in [9.17, 15) is 9.59 Å². The van der Waals surface area contributed by atoms with E-state index in [0.717, 1.165) is 11.1 Å². The molecule has 0 fully saturated rings. The molecule has 0 atom stereocenters. The number of halogens is 1. The maximum atomic E-state index is 12.5. The Bertz CT molecular complexity index is 660. The minimum absolute atomic E-state index is 0.210. The van der Waals surface area contributed by atoms with Crippen LogP contribution in [0.5, 0.6) is 0 Å². The molecule has 95 valence electrons. The Labute approximate surface area is 117 Å². The first kappa shape index (κ1) is 13.5. The first-order chi connectivity index (χ1) is 9.02. The van der Waals surface area contributed by atoms with E-state index in [1.54, 1.807) is 18.4 Å². The van der Waals surface area contributed by atoms with E-state index in [-0.39, 0.29) is 16.9 Å². The molecule has 0 heterocycles. The maximum absolute atomic E-state index is 12.5. The second kappa shape index (κ2) is 5.37. The van der Waals surface area contributed by atoms with Gasteiger partial charge in [0.2, 0.25) is 6.29 Å². The average molecular weight is 272 g/mol. The van der Waals surface area contributed by atoms with Crippen LogP contribution in [0.2, 0.25) is 5.02 Å². The summed E-state index contributed by atoms with van der Waals surface area (Å²) in [5, 5.41) is 0.423. The van der Waals surface area contributed by atoms with Crippen molar-refractivity contribution in [3.63, 3.8) is 0 Å². The third-order valence-electron chi connectivity index (χ3n) is 2.96. The van der Waals surface area contributed by atoms with Gasteiger partial charge in [-0.1, -0.05) is 35.4 Å². The standard InChI is InChI=1S/C16H12ClO2/c1-10-3-6-14(11(2)7-10)16(19)15-8-13(17)5-4-12(15)9-18/h3-8H,1-2H3. The van der Waals surface area contributed by atoms with E-state index in [1.165, 1.54) is 12.1 Å². The Hall–Kier alpha value is -1.93. The Morgan fingerprint density at radius 3 is 2.42 bits per heavy atom.